The molecule has 3 heterocycles. The van der Waals surface area contributed by atoms with Crippen LogP contribution < -0.4 is 10.6 Å². The van der Waals surface area contributed by atoms with Gasteiger partial charge in [0, 0.05) is 25.2 Å². The minimum atomic E-state index is -0.722. The Hall–Kier alpha value is -3.93. The molecule has 3 aromatic heterocycles. The lowest BCUT2D eigenvalue weighted by Gasteiger charge is -2.11. The number of amides is 1. The molecule has 0 saturated carbocycles. The van der Waals surface area contributed by atoms with Crippen LogP contribution in [0.4, 0.5) is 16.0 Å². The third-order valence-electron chi connectivity index (χ3n) is 4.67. The Bertz CT molecular complexity index is 1350. The number of hydrogen-bond donors (Lipinski definition) is 2. The topological polar surface area (TPSA) is 137 Å². The van der Waals surface area contributed by atoms with Gasteiger partial charge in [-0.1, -0.05) is 43.6 Å². The molecular formula is C21H21ClFN9O2. The van der Waals surface area contributed by atoms with Crippen LogP contribution in [0.5, 0.6) is 0 Å². The molecule has 0 unspecified atom stereocenters. The molecule has 4 rings (SSSR count). The van der Waals surface area contributed by atoms with Crippen molar-refractivity contribution in [3.63, 3.8) is 0 Å². The van der Waals surface area contributed by atoms with Gasteiger partial charge in [0.15, 0.2) is 17.5 Å². The van der Waals surface area contributed by atoms with E-state index in [2.05, 4.69) is 40.8 Å². The number of hydrogen-bond acceptors (Lipinski definition) is 9. The number of nitrogens with zero attached hydrogens (tertiary/aromatic N) is 7. The van der Waals surface area contributed by atoms with E-state index in [4.69, 9.17) is 16.1 Å². The lowest BCUT2D eigenvalue weighted by Crippen LogP contribution is -2.24. The van der Waals surface area contributed by atoms with E-state index in [1.807, 2.05) is 20.8 Å². The number of anilines is 2. The summed E-state index contributed by atoms with van der Waals surface area (Å²) in [6.45, 7) is 5.64. The minimum Gasteiger partial charge on any atom is -0.344 e. The Balaban J connectivity index is 1.48. The average Bonchev–Trinajstić information content (AvgIpc) is 3.44. The number of halogens is 2. The van der Waals surface area contributed by atoms with E-state index >= 15 is 4.39 Å². The summed E-state index contributed by atoms with van der Waals surface area (Å²) in [6, 6.07) is 3.06. The Morgan fingerprint density at radius 2 is 2.03 bits per heavy atom. The SMILES string of the molecule is Cn1cc(Nc2ncnc(-c3ccc(CNC(=O)c4nc(C(C)(C)C)no4)c(Cl)c3F)n2)cn1. The molecule has 11 nitrogen and oxygen atoms in total. The average molecular weight is 486 g/mol. The molecule has 2 N–H and O–H groups in total. The second kappa shape index (κ2) is 9.14. The van der Waals surface area contributed by atoms with Crippen molar-refractivity contribution in [2.24, 2.45) is 7.05 Å². The van der Waals surface area contributed by atoms with Crippen molar-refractivity contribution in [1.82, 2.24) is 40.2 Å². The number of rotatable bonds is 6. The van der Waals surface area contributed by atoms with E-state index in [0.29, 0.717) is 17.1 Å². The van der Waals surface area contributed by atoms with Crippen LogP contribution >= 0.6 is 11.6 Å². The summed E-state index contributed by atoms with van der Waals surface area (Å²) < 4.78 is 21.7. The van der Waals surface area contributed by atoms with Gasteiger partial charge >= 0.3 is 11.8 Å². The van der Waals surface area contributed by atoms with E-state index in [-0.39, 0.29) is 40.2 Å². The monoisotopic (exact) mass is 485 g/mol. The minimum absolute atomic E-state index is 0.0485. The molecule has 0 saturated heterocycles. The molecule has 0 aliphatic carbocycles. The summed E-state index contributed by atoms with van der Waals surface area (Å²) in [5.74, 6) is -0.777. The second-order valence-corrected chi connectivity index (χ2v) is 8.79. The molecule has 0 spiro atoms. The molecule has 13 heteroatoms. The van der Waals surface area contributed by atoms with Crippen molar-refractivity contribution < 1.29 is 13.7 Å². The van der Waals surface area contributed by atoms with Gasteiger partial charge in [-0.2, -0.15) is 15.1 Å². The van der Waals surface area contributed by atoms with Crippen LogP contribution in [0.1, 0.15) is 42.8 Å². The van der Waals surface area contributed by atoms with Crippen molar-refractivity contribution in [3.05, 3.63) is 59.0 Å². The predicted molar refractivity (Wildman–Crippen MR) is 121 cm³/mol. The highest BCUT2D eigenvalue weighted by molar-refractivity contribution is 6.31. The van der Waals surface area contributed by atoms with Crippen molar-refractivity contribution in [2.75, 3.05) is 5.32 Å². The fourth-order valence-corrected chi connectivity index (χ4v) is 3.10. The summed E-state index contributed by atoms with van der Waals surface area (Å²) in [7, 11) is 1.77. The van der Waals surface area contributed by atoms with Crippen molar-refractivity contribution >= 4 is 29.1 Å². The predicted octanol–water partition coefficient (Wildman–Crippen LogP) is 3.42. The summed E-state index contributed by atoms with van der Waals surface area (Å²) in [5, 5.41) is 13.3. The lowest BCUT2D eigenvalue weighted by molar-refractivity contribution is 0.0907. The fourth-order valence-electron chi connectivity index (χ4n) is 2.87. The number of aromatic nitrogens is 7. The van der Waals surface area contributed by atoms with E-state index in [1.54, 1.807) is 30.2 Å². The standard InChI is InChI=1S/C21H21ClFN9O2/c1-21(2,3)19-30-18(34-31-19)17(33)24-7-11-5-6-13(15(23)14(11)22)16-25-10-26-20(29-16)28-12-8-27-32(4)9-12/h5-6,8-10H,7H2,1-4H3,(H,24,33)(H,25,26,28,29). The van der Waals surface area contributed by atoms with E-state index in [0.717, 1.165) is 0 Å². The lowest BCUT2D eigenvalue weighted by atomic mass is 9.96. The summed E-state index contributed by atoms with van der Waals surface area (Å²) in [6.07, 6.45) is 4.60. The first-order chi connectivity index (χ1) is 16.1. The first-order valence-electron chi connectivity index (χ1n) is 10.2. The van der Waals surface area contributed by atoms with Gasteiger partial charge < -0.3 is 15.2 Å². The summed E-state index contributed by atoms with van der Waals surface area (Å²) >= 11 is 6.24. The van der Waals surface area contributed by atoms with Crippen molar-refractivity contribution in [2.45, 2.75) is 32.7 Å². The van der Waals surface area contributed by atoms with Gasteiger partial charge in [-0.05, 0) is 11.6 Å². The number of benzene rings is 1. The van der Waals surface area contributed by atoms with Crippen molar-refractivity contribution in [1.29, 1.82) is 0 Å². The normalized spacial score (nSPS) is 11.5. The smallest absolute Gasteiger partial charge is 0.315 e. The van der Waals surface area contributed by atoms with E-state index in [1.165, 1.54) is 12.4 Å². The third kappa shape index (κ3) is 5.01. The molecule has 0 bridgehead atoms. The number of carbonyl (C=O) groups excluding carboxylic acids is 1. The molecule has 1 aromatic carbocycles. The van der Waals surface area contributed by atoms with Gasteiger partial charge in [-0.15, -0.1) is 0 Å². The highest BCUT2D eigenvalue weighted by Gasteiger charge is 2.24. The Morgan fingerprint density at radius 1 is 1.24 bits per heavy atom. The Kier molecular flexibility index (Phi) is 6.24. The van der Waals surface area contributed by atoms with Gasteiger partial charge in [0.1, 0.15) is 6.33 Å². The van der Waals surface area contributed by atoms with Gasteiger partial charge in [0.05, 0.1) is 22.5 Å². The first-order valence-corrected chi connectivity index (χ1v) is 10.5. The molecule has 0 aliphatic rings. The van der Waals surface area contributed by atoms with Gasteiger partial charge in [0.2, 0.25) is 5.95 Å². The third-order valence-corrected chi connectivity index (χ3v) is 5.08. The number of aryl methyl sites for hydroxylation is 1. The Labute approximate surface area is 198 Å². The van der Waals surface area contributed by atoms with E-state index < -0.39 is 11.7 Å². The molecular weight excluding hydrogens is 465 g/mol. The number of nitrogens with one attached hydrogen (secondary N) is 2. The largest absolute Gasteiger partial charge is 0.344 e. The van der Waals surface area contributed by atoms with Crippen LogP contribution in [0.25, 0.3) is 11.4 Å². The zero-order valence-electron chi connectivity index (χ0n) is 18.8. The van der Waals surface area contributed by atoms with Crippen molar-refractivity contribution in [3.8, 4) is 11.4 Å². The maximum absolute atomic E-state index is 15.1. The maximum atomic E-state index is 15.1. The molecule has 0 radical (unpaired) electrons. The fraction of sp³-hybridized carbons (Fsp3) is 0.286. The van der Waals surface area contributed by atoms with Crippen LogP contribution in [0.3, 0.4) is 0 Å². The molecule has 0 aliphatic heterocycles. The molecule has 34 heavy (non-hydrogen) atoms. The highest BCUT2D eigenvalue weighted by Crippen LogP contribution is 2.29. The molecule has 0 fully saturated rings. The number of carbonyl (C=O) groups is 1. The zero-order valence-corrected chi connectivity index (χ0v) is 19.6. The maximum Gasteiger partial charge on any atom is 0.315 e. The van der Waals surface area contributed by atoms with Gasteiger partial charge in [-0.25, -0.2) is 14.4 Å². The second-order valence-electron chi connectivity index (χ2n) is 8.42. The quantitative estimate of drug-likeness (QED) is 0.420. The molecule has 1 amide bonds. The van der Waals surface area contributed by atoms with Crippen LogP contribution in [-0.2, 0) is 19.0 Å². The van der Waals surface area contributed by atoms with Crippen LogP contribution in [0, 0.1) is 5.82 Å². The van der Waals surface area contributed by atoms with Crippen LogP contribution in [0.15, 0.2) is 35.4 Å². The summed E-state index contributed by atoms with van der Waals surface area (Å²) in [4.78, 5) is 28.8. The van der Waals surface area contributed by atoms with Gasteiger partial charge in [-0.3, -0.25) is 9.48 Å². The highest BCUT2D eigenvalue weighted by atomic mass is 35.5. The molecule has 4 aromatic rings. The first kappa shape index (κ1) is 23.2. The van der Waals surface area contributed by atoms with Crippen LogP contribution in [-0.4, -0.2) is 40.8 Å². The van der Waals surface area contributed by atoms with E-state index in [9.17, 15) is 4.79 Å². The molecule has 0 atom stereocenters. The zero-order chi connectivity index (χ0) is 24.5. The Morgan fingerprint density at radius 3 is 2.71 bits per heavy atom. The van der Waals surface area contributed by atoms with Gasteiger partial charge in [0.25, 0.3) is 0 Å². The summed E-state index contributed by atoms with van der Waals surface area (Å²) in [5.41, 5.74) is 0.741. The van der Waals surface area contributed by atoms with Crippen LogP contribution in [0.2, 0.25) is 5.02 Å². The molecule has 176 valence electrons.